The van der Waals surface area contributed by atoms with Crippen LogP contribution in [-0.2, 0) is 13.1 Å². The Morgan fingerprint density at radius 1 is 1.18 bits per heavy atom. The predicted octanol–water partition coefficient (Wildman–Crippen LogP) is 4.51. The fraction of sp³-hybridized carbons (Fsp3) is 0.227. The van der Waals surface area contributed by atoms with Crippen molar-refractivity contribution in [2.75, 3.05) is 0 Å². The standard InChI is InChI=1S/C22H15F5N4O2/c1-12(22(25,26)27)33-20-5-2-13(8-28)6-16(20)21(32)30-9-14-10-31(29-18(14)11-30)19-4-3-15(23)7-17(19)24/h2-7,10,12H,9,11H2,1H3. The lowest BCUT2D eigenvalue weighted by molar-refractivity contribution is -0.189. The van der Waals surface area contributed by atoms with Crippen LogP contribution in [0.3, 0.4) is 0 Å². The van der Waals surface area contributed by atoms with Gasteiger partial charge in [-0.3, -0.25) is 4.79 Å². The third-order valence-corrected chi connectivity index (χ3v) is 5.13. The minimum Gasteiger partial charge on any atom is -0.480 e. The van der Waals surface area contributed by atoms with Gasteiger partial charge < -0.3 is 9.64 Å². The summed E-state index contributed by atoms with van der Waals surface area (Å²) in [5.74, 6) is -2.48. The van der Waals surface area contributed by atoms with E-state index in [1.54, 1.807) is 0 Å². The lowest BCUT2D eigenvalue weighted by Gasteiger charge is -2.22. The topological polar surface area (TPSA) is 71.2 Å². The number of carbonyl (C=O) groups excluding carboxylic acids is 1. The van der Waals surface area contributed by atoms with Crippen molar-refractivity contribution < 1.29 is 31.5 Å². The minimum absolute atomic E-state index is 0.00895. The smallest absolute Gasteiger partial charge is 0.425 e. The number of ether oxygens (including phenoxy) is 1. The Morgan fingerprint density at radius 3 is 2.58 bits per heavy atom. The number of fused-ring (bicyclic) bond motifs is 1. The van der Waals surface area contributed by atoms with Crippen molar-refractivity contribution in [2.45, 2.75) is 32.3 Å². The van der Waals surface area contributed by atoms with Crippen molar-refractivity contribution >= 4 is 5.91 Å². The number of nitrogens with zero attached hydrogens (tertiary/aromatic N) is 4. The SMILES string of the molecule is CC(Oc1ccc(C#N)cc1C(=O)N1Cc2cn(-c3ccc(F)cc3F)nc2C1)C(F)(F)F. The summed E-state index contributed by atoms with van der Waals surface area (Å²) in [4.78, 5) is 14.4. The van der Waals surface area contributed by atoms with E-state index in [0.717, 1.165) is 25.1 Å². The van der Waals surface area contributed by atoms with Crippen LogP contribution < -0.4 is 4.74 Å². The molecule has 2 aromatic carbocycles. The molecule has 6 nitrogen and oxygen atoms in total. The van der Waals surface area contributed by atoms with E-state index in [0.29, 0.717) is 11.3 Å². The number of benzene rings is 2. The summed E-state index contributed by atoms with van der Waals surface area (Å²) in [6, 6.07) is 8.48. The summed E-state index contributed by atoms with van der Waals surface area (Å²) in [6.45, 7) is 0.881. The molecule has 1 aliphatic rings. The number of aromatic nitrogens is 2. The number of rotatable bonds is 4. The maximum atomic E-state index is 14.0. The third kappa shape index (κ3) is 4.37. The molecule has 0 saturated heterocycles. The van der Waals surface area contributed by atoms with E-state index in [1.807, 2.05) is 6.07 Å². The van der Waals surface area contributed by atoms with Gasteiger partial charge >= 0.3 is 6.18 Å². The molecule has 0 radical (unpaired) electrons. The molecule has 33 heavy (non-hydrogen) atoms. The van der Waals surface area contributed by atoms with Crippen molar-refractivity contribution in [3.8, 4) is 17.5 Å². The molecule has 0 N–H and O–H groups in total. The van der Waals surface area contributed by atoms with Gasteiger partial charge in [-0.2, -0.15) is 23.5 Å². The largest absolute Gasteiger partial charge is 0.480 e. The van der Waals surface area contributed by atoms with Crippen molar-refractivity contribution in [3.63, 3.8) is 0 Å². The summed E-state index contributed by atoms with van der Waals surface area (Å²) in [7, 11) is 0. The molecule has 1 aliphatic heterocycles. The second-order valence-electron chi connectivity index (χ2n) is 7.43. The maximum absolute atomic E-state index is 14.0. The van der Waals surface area contributed by atoms with Gasteiger partial charge in [0.2, 0.25) is 0 Å². The highest BCUT2D eigenvalue weighted by Crippen LogP contribution is 2.31. The average molecular weight is 462 g/mol. The summed E-state index contributed by atoms with van der Waals surface area (Å²) >= 11 is 0. The van der Waals surface area contributed by atoms with Gasteiger partial charge in [0.15, 0.2) is 11.9 Å². The molecule has 0 fully saturated rings. The monoisotopic (exact) mass is 462 g/mol. The van der Waals surface area contributed by atoms with Crippen LogP contribution in [-0.4, -0.2) is 32.9 Å². The van der Waals surface area contributed by atoms with E-state index in [4.69, 9.17) is 10.00 Å². The van der Waals surface area contributed by atoms with Crippen molar-refractivity contribution in [1.82, 2.24) is 14.7 Å². The maximum Gasteiger partial charge on any atom is 0.425 e. The Kier molecular flexibility index (Phi) is 5.53. The highest BCUT2D eigenvalue weighted by molar-refractivity contribution is 5.97. The first-order valence-electron chi connectivity index (χ1n) is 9.66. The molecule has 11 heteroatoms. The predicted molar refractivity (Wildman–Crippen MR) is 104 cm³/mol. The minimum atomic E-state index is -4.64. The molecule has 1 atom stereocenters. The van der Waals surface area contributed by atoms with Gasteiger partial charge in [-0.1, -0.05) is 0 Å². The number of hydrogen-bond acceptors (Lipinski definition) is 4. The van der Waals surface area contributed by atoms with Gasteiger partial charge in [0.05, 0.1) is 29.4 Å². The first-order valence-corrected chi connectivity index (χ1v) is 9.66. The fourth-order valence-corrected chi connectivity index (χ4v) is 3.38. The number of hydrogen-bond donors (Lipinski definition) is 0. The van der Waals surface area contributed by atoms with Gasteiger partial charge in [-0.05, 0) is 37.3 Å². The van der Waals surface area contributed by atoms with E-state index in [1.165, 1.54) is 34.0 Å². The Bertz CT molecular complexity index is 1260. The van der Waals surface area contributed by atoms with E-state index in [9.17, 15) is 26.7 Å². The van der Waals surface area contributed by atoms with Crippen LogP contribution in [0.4, 0.5) is 22.0 Å². The van der Waals surface area contributed by atoms with E-state index in [2.05, 4.69) is 5.10 Å². The Balaban J connectivity index is 1.58. The quantitative estimate of drug-likeness (QED) is 0.535. The number of halogens is 5. The van der Waals surface area contributed by atoms with Crippen molar-refractivity contribution in [3.05, 3.63) is 76.6 Å². The van der Waals surface area contributed by atoms with Crippen LogP contribution in [0.2, 0.25) is 0 Å². The molecule has 2 heterocycles. The molecule has 170 valence electrons. The zero-order chi connectivity index (χ0) is 23.9. The zero-order valence-corrected chi connectivity index (χ0v) is 17.0. The van der Waals surface area contributed by atoms with E-state index >= 15 is 0 Å². The highest BCUT2D eigenvalue weighted by Gasteiger charge is 2.39. The van der Waals surface area contributed by atoms with Crippen LogP contribution in [0, 0.1) is 23.0 Å². The first kappa shape index (κ1) is 22.3. The Hall–Kier alpha value is -3.94. The second-order valence-corrected chi connectivity index (χ2v) is 7.43. The summed E-state index contributed by atoms with van der Waals surface area (Å²) in [5.41, 5.74) is 0.971. The number of alkyl halides is 3. The van der Waals surface area contributed by atoms with Crippen LogP contribution in [0.25, 0.3) is 5.69 Å². The van der Waals surface area contributed by atoms with Gasteiger partial charge in [0.25, 0.3) is 5.91 Å². The van der Waals surface area contributed by atoms with Crippen LogP contribution in [0.1, 0.15) is 34.1 Å². The van der Waals surface area contributed by atoms with Crippen molar-refractivity contribution in [1.29, 1.82) is 5.26 Å². The third-order valence-electron chi connectivity index (χ3n) is 5.13. The summed E-state index contributed by atoms with van der Waals surface area (Å²) < 4.78 is 72.2. The number of amides is 1. The Morgan fingerprint density at radius 2 is 1.94 bits per heavy atom. The molecule has 0 bridgehead atoms. The molecular formula is C22H15F5N4O2. The molecule has 1 aromatic heterocycles. The molecule has 0 saturated carbocycles. The number of nitriles is 1. The van der Waals surface area contributed by atoms with E-state index < -0.39 is 29.8 Å². The second kappa shape index (κ2) is 8.20. The van der Waals surface area contributed by atoms with Crippen molar-refractivity contribution in [2.24, 2.45) is 0 Å². The van der Waals surface area contributed by atoms with Crippen LogP contribution in [0.5, 0.6) is 5.75 Å². The zero-order valence-electron chi connectivity index (χ0n) is 17.0. The normalized spacial score (nSPS) is 14.0. The van der Waals surface area contributed by atoms with Crippen LogP contribution in [0.15, 0.2) is 42.6 Å². The molecule has 1 unspecified atom stereocenters. The summed E-state index contributed by atoms with van der Waals surface area (Å²) in [6.07, 6.45) is -5.31. The highest BCUT2D eigenvalue weighted by atomic mass is 19.4. The number of carbonyl (C=O) groups is 1. The lowest BCUT2D eigenvalue weighted by Crippen LogP contribution is -2.32. The van der Waals surface area contributed by atoms with Gasteiger partial charge in [0.1, 0.15) is 17.3 Å². The van der Waals surface area contributed by atoms with Gasteiger partial charge in [0, 0.05) is 24.4 Å². The summed E-state index contributed by atoms with van der Waals surface area (Å²) in [5, 5.41) is 13.4. The molecule has 0 spiro atoms. The molecular weight excluding hydrogens is 447 g/mol. The Labute approximate surface area is 184 Å². The lowest BCUT2D eigenvalue weighted by atomic mass is 10.1. The fourth-order valence-electron chi connectivity index (χ4n) is 3.38. The molecule has 3 aromatic rings. The molecule has 4 rings (SSSR count). The van der Waals surface area contributed by atoms with Gasteiger partial charge in [-0.15, -0.1) is 0 Å². The molecule has 0 aliphatic carbocycles. The first-order chi connectivity index (χ1) is 15.6. The van der Waals surface area contributed by atoms with Gasteiger partial charge in [-0.25, -0.2) is 13.5 Å². The van der Waals surface area contributed by atoms with Crippen LogP contribution >= 0.6 is 0 Å². The average Bonchev–Trinajstić information content (AvgIpc) is 3.32. The molecule has 1 amide bonds. The van der Waals surface area contributed by atoms with E-state index in [-0.39, 0.29) is 35.7 Å².